The Balaban J connectivity index is 0.000000631. The lowest BCUT2D eigenvalue weighted by Crippen LogP contribution is -2.08. The third-order valence-corrected chi connectivity index (χ3v) is 1.69. The van der Waals surface area contributed by atoms with Gasteiger partial charge in [0.1, 0.15) is 11.3 Å². The van der Waals surface area contributed by atoms with E-state index in [0.717, 1.165) is 0 Å². The van der Waals surface area contributed by atoms with Crippen LogP contribution in [0.4, 0.5) is 4.79 Å². The van der Waals surface area contributed by atoms with Crippen LogP contribution in [0.5, 0.6) is 5.75 Å². The lowest BCUT2D eigenvalue weighted by Gasteiger charge is -2.10. The van der Waals surface area contributed by atoms with Crippen LogP contribution in [0.15, 0.2) is 24.3 Å². The van der Waals surface area contributed by atoms with Gasteiger partial charge in [-0.05, 0) is 18.1 Å². The minimum absolute atomic E-state index is 0.216. The van der Waals surface area contributed by atoms with Crippen molar-refractivity contribution in [2.45, 2.75) is 13.8 Å². The third kappa shape index (κ3) is 7.10. The number of hydrogen-bond donors (Lipinski definition) is 3. The Kier molecular flexibility index (Phi) is 6.95. The van der Waals surface area contributed by atoms with Crippen LogP contribution in [-0.4, -0.2) is 34.1 Å². The molecule has 0 radical (unpaired) electrons. The normalized spacial score (nSPS) is 9.28. The molecule has 0 atom stereocenters. The van der Waals surface area contributed by atoms with Gasteiger partial charge in [-0.25, -0.2) is 9.59 Å². The van der Waals surface area contributed by atoms with Crippen molar-refractivity contribution in [3.63, 3.8) is 0 Å². The summed E-state index contributed by atoms with van der Waals surface area (Å²) in [4.78, 5) is 19.3. The first-order chi connectivity index (χ1) is 8.34. The van der Waals surface area contributed by atoms with Crippen LogP contribution < -0.4 is 4.74 Å². The highest BCUT2D eigenvalue weighted by molar-refractivity contribution is 5.90. The molecule has 3 N–H and O–H groups in total. The molecule has 0 spiro atoms. The van der Waals surface area contributed by atoms with E-state index in [2.05, 4.69) is 0 Å². The Bertz CT molecular complexity index is 395. The smallest absolute Gasteiger partial charge is 0.492 e. The molecule has 1 aromatic carbocycles. The molecule has 1 rings (SSSR count). The fourth-order valence-corrected chi connectivity index (χ4v) is 1.03. The molecule has 0 aliphatic carbocycles. The maximum absolute atomic E-state index is 10.8. The number of ether oxygens (including phenoxy) is 1. The summed E-state index contributed by atoms with van der Waals surface area (Å²) in [6.07, 6.45) is -1.83. The average Bonchev–Trinajstić information content (AvgIpc) is 2.25. The van der Waals surface area contributed by atoms with Crippen LogP contribution in [-0.2, 0) is 0 Å². The van der Waals surface area contributed by atoms with Crippen LogP contribution >= 0.6 is 0 Å². The molecule has 0 heterocycles. The Morgan fingerprint density at radius 2 is 1.67 bits per heavy atom. The van der Waals surface area contributed by atoms with Gasteiger partial charge >= 0.3 is 12.1 Å². The van der Waals surface area contributed by atoms with Crippen LogP contribution in [0.1, 0.15) is 24.2 Å². The van der Waals surface area contributed by atoms with E-state index in [0.29, 0.717) is 18.3 Å². The number of carbonyl (C=O) groups is 2. The number of carboxylic acid groups (broad SMARTS) is 3. The second kappa shape index (κ2) is 7.94. The van der Waals surface area contributed by atoms with Crippen molar-refractivity contribution in [3.8, 4) is 5.75 Å². The zero-order chi connectivity index (χ0) is 14.1. The van der Waals surface area contributed by atoms with Gasteiger partial charge in [-0.2, -0.15) is 0 Å². The van der Waals surface area contributed by atoms with Gasteiger partial charge in [0.2, 0.25) is 0 Å². The highest BCUT2D eigenvalue weighted by Gasteiger charge is 2.09. The lowest BCUT2D eigenvalue weighted by atomic mass is 10.2. The molecule has 1 aromatic rings. The molecule has 0 fully saturated rings. The number of hydrogen-bond acceptors (Lipinski definition) is 3. The highest BCUT2D eigenvalue weighted by atomic mass is 16.6. The molecule has 0 aromatic heterocycles. The minimum atomic E-state index is -1.83. The summed E-state index contributed by atoms with van der Waals surface area (Å²) < 4.78 is 5.38. The summed E-state index contributed by atoms with van der Waals surface area (Å²) in [5.74, 6) is -0.130. The van der Waals surface area contributed by atoms with Crippen molar-refractivity contribution >= 4 is 12.1 Å². The zero-order valence-electron chi connectivity index (χ0n) is 10.2. The summed E-state index contributed by atoms with van der Waals surface area (Å²) in [7, 11) is 0. The SMILES string of the molecule is CC(C)COc1ccccc1C(=O)O.O=C(O)O. The first-order valence-corrected chi connectivity index (χ1v) is 5.21. The van der Waals surface area contributed by atoms with E-state index in [1.54, 1.807) is 18.2 Å². The van der Waals surface area contributed by atoms with Crippen molar-refractivity contribution in [1.82, 2.24) is 0 Å². The molecule has 0 saturated carbocycles. The lowest BCUT2D eigenvalue weighted by molar-refractivity contribution is 0.0691. The van der Waals surface area contributed by atoms with Gasteiger partial charge in [0.15, 0.2) is 0 Å². The topological polar surface area (TPSA) is 104 Å². The molecular formula is C12H16O6. The van der Waals surface area contributed by atoms with Gasteiger partial charge in [-0.3, -0.25) is 0 Å². The molecule has 0 aliphatic rings. The van der Waals surface area contributed by atoms with Crippen LogP contribution in [0, 0.1) is 5.92 Å². The monoisotopic (exact) mass is 256 g/mol. The fraction of sp³-hybridized carbons (Fsp3) is 0.333. The van der Waals surface area contributed by atoms with Gasteiger partial charge in [0.25, 0.3) is 0 Å². The fourth-order valence-electron chi connectivity index (χ4n) is 1.03. The van der Waals surface area contributed by atoms with Crippen molar-refractivity contribution in [3.05, 3.63) is 29.8 Å². The molecule has 0 aliphatic heterocycles. The molecule has 0 amide bonds. The molecule has 6 nitrogen and oxygen atoms in total. The average molecular weight is 256 g/mol. The van der Waals surface area contributed by atoms with E-state index in [1.807, 2.05) is 13.8 Å². The molecule has 6 heteroatoms. The Hall–Kier alpha value is -2.24. The van der Waals surface area contributed by atoms with E-state index in [9.17, 15) is 4.79 Å². The van der Waals surface area contributed by atoms with Crippen LogP contribution in [0.3, 0.4) is 0 Å². The molecule has 0 saturated heterocycles. The van der Waals surface area contributed by atoms with E-state index in [-0.39, 0.29) is 5.56 Å². The largest absolute Gasteiger partial charge is 0.503 e. The van der Waals surface area contributed by atoms with E-state index >= 15 is 0 Å². The van der Waals surface area contributed by atoms with Crippen LogP contribution in [0.25, 0.3) is 0 Å². The Labute approximate surface area is 104 Å². The van der Waals surface area contributed by atoms with Gasteiger partial charge in [0, 0.05) is 0 Å². The minimum Gasteiger partial charge on any atom is -0.492 e. The third-order valence-electron chi connectivity index (χ3n) is 1.69. The molecule has 100 valence electrons. The summed E-state index contributed by atoms with van der Waals surface area (Å²) >= 11 is 0. The van der Waals surface area contributed by atoms with Crippen molar-refractivity contribution in [2.75, 3.05) is 6.61 Å². The summed E-state index contributed by atoms with van der Waals surface area (Å²) in [6.45, 7) is 4.57. The predicted octanol–water partition coefficient (Wildman–Crippen LogP) is 2.64. The summed E-state index contributed by atoms with van der Waals surface area (Å²) in [5, 5.41) is 22.8. The van der Waals surface area contributed by atoms with E-state index < -0.39 is 12.1 Å². The van der Waals surface area contributed by atoms with Gasteiger partial charge in [-0.15, -0.1) is 0 Å². The summed E-state index contributed by atoms with van der Waals surface area (Å²) in [6, 6.07) is 6.66. The maximum atomic E-state index is 10.8. The number of para-hydroxylation sites is 1. The van der Waals surface area contributed by atoms with Crippen molar-refractivity contribution in [1.29, 1.82) is 0 Å². The Morgan fingerprint density at radius 3 is 2.11 bits per heavy atom. The first-order valence-electron chi connectivity index (χ1n) is 5.21. The van der Waals surface area contributed by atoms with Crippen molar-refractivity contribution in [2.24, 2.45) is 5.92 Å². The quantitative estimate of drug-likeness (QED) is 0.765. The predicted molar refractivity (Wildman–Crippen MR) is 64.4 cm³/mol. The van der Waals surface area contributed by atoms with E-state index in [4.69, 9.17) is 24.9 Å². The highest BCUT2D eigenvalue weighted by Crippen LogP contribution is 2.18. The molecule has 0 bridgehead atoms. The van der Waals surface area contributed by atoms with Gasteiger partial charge in [0.05, 0.1) is 6.61 Å². The zero-order valence-corrected chi connectivity index (χ0v) is 10.2. The van der Waals surface area contributed by atoms with Crippen LogP contribution in [0.2, 0.25) is 0 Å². The first kappa shape index (κ1) is 15.8. The van der Waals surface area contributed by atoms with Crippen molar-refractivity contribution < 1.29 is 29.6 Å². The van der Waals surface area contributed by atoms with E-state index in [1.165, 1.54) is 6.07 Å². The Morgan fingerprint density at radius 1 is 1.17 bits per heavy atom. The summed E-state index contributed by atoms with van der Waals surface area (Å²) in [5.41, 5.74) is 0.216. The second-order valence-electron chi connectivity index (χ2n) is 3.79. The second-order valence-corrected chi connectivity index (χ2v) is 3.79. The number of aromatic carboxylic acids is 1. The van der Waals surface area contributed by atoms with Gasteiger partial charge in [-0.1, -0.05) is 26.0 Å². The maximum Gasteiger partial charge on any atom is 0.503 e. The number of carboxylic acids is 1. The molecule has 18 heavy (non-hydrogen) atoms. The number of rotatable bonds is 4. The molecular weight excluding hydrogens is 240 g/mol. The standard InChI is InChI=1S/C11H14O3.CH2O3/c1-8(2)7-14-10-6-4-3-5-9(10)11(12)13;2-1(3)4/h3-6,8H,7H2,1-2H3,(H,12,13);(H2,2,3,4). The number of benzene rings is 1. The van der Waals surface area contributed by atoms with Gasteiger partial charge < -0.3 is 20.1 Å². The molecule has 0 unspecified atom stereocenters.